The zero-order chi connectivity index (χ0) is 15.2. The van der Waals surface area contributed by atoms with Crippen molar-refractivity contribution in [2.75, 3.05) is 6.54 Å². The van der Waals surface area contributed by atoms with Gasteiger partial charge in [-0.1, -0.05) is 25.0 Å². The van der Waals surface area contributed by atoms with Gasteiger partial charge in [-0.2, -0.15) is 0 Å². The van der Waals surface area contributed by atoms with Crippen LogP contribution in [0.25, 0.3) is 0 Å². The van der Waals surface area contributed by atoms with E-state index >= 15 is 0 Å². The molecule has 0 amide bonds. The maximum Gasteiger partial charge on any atom is 0.177 e. The van der Waals surface area contributed by atoms with Crippen molar-refractivity contribution in [2.24, 2.45) is 17.8 Å². The predicted molar refractivity (Wildman–Crippen MR) is 86.6 cm³/mol. The Morgan fingerprint density at radius 3 is 3.09 bits per heavy atom. The molecule has 3 fully saturated rings. The number of hydrogen-bond acceptors (Lipinski definition) is 3. The lowest BCUT2D eigenvalue weighted by atomic mass is 9.50. The van der Waals surface area contributed by atoms with E-state index in [1.165, 1.54) is 24.0 Å². The van der Waals surface area contributed by atoms with E-state index in [1.807, 2.05) is 0 Å². The number of ether oxygens (including phenoxy) is 1. The summed E-state index contributed by atoms with van der Waals surface area (Å²) < 4.78 is 6.35. The van der Waals surface area contributed by atoms with Gasteiger partial charge in [0.1, 0.15) is 5.75 Å². The zero-order valence-electron chi connectivity index (χ0n) is 13.4. The zero-order valence-corrected chi connectivity index (χ0v) is 13.4. The van der Waals surface area contributed by atoms with Crippen molar-refractivity contribution in [2.45, 2.75) is 56.1 Å². The first-order valence-corrected chi connectivity index (χ1v) is 9.33. The Morgan fingerprint density at radius 1 is 1.30 bits per heavy atom. The molecule has 1 spiro atoms. The van der Waals surface area contributed by atoms with E-state index in [0.717, 1.165) is 43.9 Å². The Morgan fingerprint density at radius 2 is 2.22 bits per heavy atom. The average Bonchev–Trinajstić information content (AvgIpc) is 3.29. The fraction of sp³-hybridized carbons (Fsp3) is 0.650. The van der Waals surface area contributed by atoms with Crippen LogP contribution < -0.4 is 10.1 Å². The topological polar surface area (TPSA) is 38.3 Å². The molecule has 0 aromatic heterocycles. The minimum absolute atomic E-state index is 0.0166. The lowest BCUT2D eigenvalue weighted by Crippen LogP contribution is -2.66. The number of nitrogens with one attached hydrogen (secondary N) is 1. The smallest absolute Gasteiger partial charge is 0.177 e. The van der Waals surface area contributed by atoms with Crippen molar-refractivity contribution in [1.82, 2.24) is 5.32 Å². The summed E-state index contributed by atoms with van der Waals surface area (Å²) in [6, 6.07) is 6.98. The largest absolute Gasteiger partial charge is 0.481 e. The van der Waals surface area contributed by atoms with Gasteiger partial charge in [-0.25, -0.2) is 0 Å². The Hall–Kier alpha value is -1.35. The van der Waals surface area contributed by atoms with Crippen LogP contribution in [0.15, 0.2) is 18.2 Å². The number of carbonyl (C=O) groups is 1. The highest BCUT2D eigenvalue weighted by atomic mass is 16.5. The highest BCUT2D eigenvalue weighted by Gasteiger charge is 2.66. The SMILES string of the molecule is O=C1C(CC2CC2)C[C@H]2[C@H]3Cc4cccc5c4[C@@]2(CCN3)C1O5. The summed E-state index contributed by atoms with van der Waals surface area (Å²) in [7, 11) is 0. The summed E-state index contributed by atoms with van der Waals surface area (Å²) >= 11 is 0. The monoisotopic (exact) mass is 309 g/mol. The number of carbonyl (C=O) groups excluding carboxylic acids is 1. The lowest BCUT2D eigenvalue weighted by Gasteiger charge is -2.55. The second-order valence-corrected chi connectivity index (χ2v) is 8.46. The molecule has 3 nitrogen and oxygen atoms in total. The molecule has 1 aromatic rings. The van der Waals surface area contributed by atoms with Gasteiger partial charge in [0.2, 0.25) is 0 Å². The third kappa shape index (κ3) is 1.52. The summed E-state index contributed by atoms with van der Waals surface area (Å²) in [6.07, 6.45) is 6.82. The van der Waals surface area contributed by atoms with Gasteiger partial charge in [0, 0.05) is 22.9 Å². The lowest BCUT2D eigenvalue weighted by molar-refractivity contribution is -0.142. The van der Waals surface area contributed by atoms with Crippen molar-refractivity contribution < 1.29 is 9.53 Å². The molecular weight excluding hydrogens is 286 g/mol. The molecule has 1 N–H and O–H groups in total. The number of benzene rings is 1. The molecule has 2 aliphatic heterocycles. The van der Waals surface area contributed by atoms with E-state index in [0.29, 0.717) is 17.7 Å². The molecule has 2 bridgehead atoms. The van der Waals surface area contributed by atoms with Crippen molar-refractivity contribution in [1.29, 1.82) is 0 Å². The van der Waals surface area contributed by atoms with Gasteiger partial charge in [0.25, 0.3) is 0 Å². The Balaban J connectivity index is 1.52. The van der Waals surface area contributed by atoms with Gasteiger partial charge in [-0.3, -0.25) is 4.79 Å². The summed E-state index contributed by atoms with van der Waals surface area (Å²) in [5.41, 5.74) is 2.81. The summed E-state index contributed by atoms with van der Waals surface area (Å²) in [6.45, 7) is 1.02. The van der Waals surface area contributed by atoms with E-state index in [9.17, 15) is 4.79 Å². The summed E-state index contributed by atoms with van der Waals surface area (Å²) in [5, 5.41) is 3.77. The van der Waals surface area contributed by atoms with Crippen molar-refractivity contribution in [3.8, 4) is 5.75 Å². The van der Waals surface area contributed by atoms with Gasteiger partial charge in [0.05, 0.1) is 0 Å². The number of rotatable bonds is 2. The first-order valence-electron chi connectivity index (χ1n) is 9.33. The molecule has 2 saturated carbocycles. The van der Waals surface area contributed by atoms with Crippen LogP contribution in [0.4, 0.5) is 0 Å². The second kappa shape index (κ2) is 4.18. The van der Waals surface area contributed by atoms with Gasteiger partial charge in [-0.05, 0) is 55.7 Å². The third-order valence-corrected chi connectivity index (χ3v) is 7.34. The summed E-state index contributed by atoms with van der Waals surface area (Å²) in [4.78, 5) is 13.3. The highest BCUT2D eigenvalue weighted by Crippen LogP contribution is 2.61. The van der Waals surface area contributed by atoms with Crippen molar-refractivity contribution >= 4 is 5.78 Å². The first kappa shape index (κ1) is 13.0. The van der Waals surface area contributed by atoms with Crippen LogP contribution in [0.5, 0.6) is 5.75 Å². The van der Waals surface area contributed by atoms with Crippen molar-refractivity contribution in [3.05, 3.63) is 29.3 Å². The molecule has 0 radical (unpaired) electrons. The van der Waals surface area contributed by atoms with Gasteiger partial charge in [-0.15, -0.1) is 0 Å². The molecule has 23 heavy (non-hydrogen) atoms. The van der Waals surface area contributed by atoms with Gasteiger partial charge < -0.3 is 10.1 Å². The average molecular weight is 309 g/mol. The minimum atomic E-state index is -0.203. The molecule has 5 atom stereocenters. The molecule has 3 aliphatic carbocycles. The van der Waals surface area contributed by atoms with E-state index < -0.39 is 0 Å². The molecule has 1 aromatic carbocycles. The number of piperidine rings is 1. The van der Waals surface area contributed by atoms with E-state index in [2.05, 4.69) is 23.5 Å². The van der Waals surface area contributed by atoms with Gasteiger partial charge in [0.15, 0.2) is 11.9 Å². The fourth-order valence-electron chi connectivity index (χ4n) is 6.27. The maximum atomic E-state index is 13.3. The highest BCUT2D eigenvalue weighted by molar-refractivity contribution is 5.90. The molecule has 5 aliphatic rings. The van der Waals surface area contributed by atoms with E-state index in [1.54, 1.807) is 0 Å². The molecule has 2 heterocycles. The van der Waals surface area contributed by atoms with E-state index in [-0.39, 0.29) is 17.4 Å². The van der Waals surface area contributed by atoms with Gasteiger partial charge >= 0.3 is 0 Å². The standard InChI is InChI=1S/C20H23NO2/c22-18-13(8-11-4-5-11)9-14-15-10-12-2-1-3-16-17(12)20(14,6-7-21-15)19(18)23-16/h1-3,11,13-15,19,21H,4-10H2/t13?,14-,15+,19?,20-/m0/s1. The molecule has 120 valence electrons. The number of Topliss-reactive ketones (excluding diaryl/α,β-unsaturated/α-hetero) is 1. The van der Waals surface area contributed by atoms with Crippen LogP contribution in [0.1, 0.15) is 43.2 Å². The van der Waals surface area contributed by atoms with Crippen LogP contribution in [0, 0.1) is 17.8 Å². The summed E-state index contributed by atoms with van der Waals surface area (Å²) in [5.74, 6) is 3.06. The fourth-order valence-corrected chi connectivity index (χ4v) is 6.27. The van der Waals surface area contributed by atoms with Crippen LogP contribution in [-0.2, 0) is 16.6 Å². The Bertz CT molecular complexity index is 710. The number of ketones is 1. The Labute approximate surface area is 136 Å². The molecular formula is C20H23NO2. The predicted octanol–water partition coefficient (Wildman–Crippen LogP) is 2.61. The second-order valence-electron chi connectivity index (χ2n) is 8.46. The molecule has 6 rings (SSSR count). The third-order valence-electron chi connectivity index (χ3n) is 7.34. The van der Waals surface area contributed by atoms with Crippen LogP contribution in [-0.4, -0.2) is 24.5 Å². The quantitative estimate of drug-likeness (QED) is 0.912. The first-order chi connectivity index (χ1) is 11.3. The van der Waals surface area contributed by atoms with Crippen LogP contribution in [0.2, 0.25) is 0 Å². The molecule has 3 heteroatoms. The van der Waals surface area contributed by atoms with Crippen LogP contribution >= 0.6 is 0 Å². The minimum Gasteiger partial charge on any atom is -0.481 e. The van der Waals surface area contributed by atoms with Crippen LogP contribution in [0.3, 0.4) is 0 Å². The normalized spacial score (nSPS) is 43.0. The number of hydrogen-bond donors (Lipinski definition) is 1. The Kier molecular flexibility index (Phi) is 2.37. The van der Waals surface area contributed by atoms with Crippen molar-refractivity contribution in [3.63, 3.8) is 0 Å². The molecule has 1 saturated heterocycles. The molecule has 2 unspecified atom stereocenters. The van der Waals surface area contributed by atoms with E-state index in [4.69, 9.17) is 4.74 Å². The maximum absolute atomic E-state index is 13.3.